The van der Waals surface area contributed by atoms with Gasteiger partial charge in [0, 0.05) is 0 Å². The van der Waals surface area contributed by atoms with E-state index in [1.807, 2.05) is 0 Å². The molecule has 0 unspecified atom stereocenters. The summed E-state index contributed by atoms with van der Waals surface area (Å²) in [4.78, 5) is 32.8. The number of nitro groups is 2. The molecular weight excluding hydrogens is 491 g/mol. The fraction of sp³-hybridized carbons (Fsp3) is 0. The molecule has 1 aromatic carbocycles. The van der Waals surface area contributed by atoms with Crippen molar-refractivity contribution in [2.24, 2.45) is 2.92 Å². The fourth-order valence-electron chi connectivity index (χ4n) is 1.45. The molecule has 1 aliphatic rings. The van der Waals surface area contributed by atoms with E-state index in [9.17, 15) is 30.2 Å². The van der Waals surface area contributed by atoms with Gasteiger partial charge >= 0.3 is 122 Å². The number of azide groups is 1. The summed E-state index contributed by atoms with van der Waals surface area (Å²) in [5, 5.41) is 33.3. The number of nitrogens with zero attached hydrogens (tertiary/aromatic N) is 6. The van der Waals surface area contributed by atoms with Crippen LogP contribution in [0.5, 0.6) is 11.5 Å². The zero-order valence-electron chi connectivity index (χ0n) is 9.53. The van der Waals surface area contributed by atoms with Crippen molar-refractivity contribution in [1.29, 1.82) is 0 Å². The van der Waals surface area contributed by atoms with Gasteiger partial charge in [0.25, 0.3) is 0 Å². The van der Waals surface area contributed by atoms with Gasteiger partial charge in [-0.3, -0.25) is 0 Å². The van der Waals surface area contributed by atoms with Crippen LogP contribution >= 0.6 is 0 Å². The molecule has 0 N–H and O–H groups in total. The zero-order valence-corrected chi connectivity index (χ0v) is 13.4. The van der Waals surface area contributed by atoms with Gasteiger partial charge < -0.3 is 0 Å². The molecule has 1 radical (unpaired) electrons. The monoisotopic (exact) mass is 493 g/mol. The molecule has 0 aliphatic carbocycles. The standard InChI is InChI=1S/C6H3N3O8.N3.Pb/c10-5-2(7(12)13)1-3(8(14)15)6(11)4(5)9(16)17;1-3-2;/h1,10-11H;;/q;-1;+3/p-2. The third kappa shape index (κ3) is 2.48. The second kappa shape index (κ2) is 5.33. The van der Waals surface area contributed by atoms with Gasteiger partial charge in [-0.1, -0.05) is 0 Å². The van der Waals surface area contributed by atoms with Crippen molar-refractivity contribution in [2.75, 3.05) is 0 Å². The van der Waals surface area contributed by atoms with Crippen molar-refractivity contribution in [3.63, 3.8) is 0 Å². The van der Waals surface area contributed by atoms with Gasteiger partial charge in [0.2, 0.25) is 0 Å². The first kappa shape index (κ1) is 14.7. The normalized spacial score (nSPS) is 13.4. The van der Waals surface area contributed by atoms with E-state index in [0.717, 1.165) is 0 Å². The Morgan fingerprint density at radius 1 is 1.38 bits per heavy atom. The van der Waals surface area contributed by atoms with E-state index < -0.39 is 62.3 Å². The third-order valence-corrected chi connectivity index (χ3v) is 5.93. The average molecular weight is 492 g/mol. The summed E-state index contributed by atoms with van der Waals surface area (Å²) in [5.41, 5.74) is 5.08. The van der Waals surface area contributed by atoms with Crippen LogP contribution in [0.15, 0.2) is 8.99 Å². The van der Waals surface area contributed by atoms with Gasteiger partial charge in [-0.05, 0) is 0 Å². The molecule has 0 fully saturated rings. The summed E-state index contributed by atoms with van der Waals surface area (Å²) in [6.45, 7) is 0. The first-order chi connectivity index (χ1) is 9.86. The minimum atomic E-state index is -4.12. The summed E-state index contributed by atoms with van der Waals surface area (Å²) in [6, 6.07) is 0.496. The van der Waals surface area contributed by atoms with Gasteiger partial charge in [-0.2, -0.15) is 0 Å². The Morgan fingerprint density at radius 3 is 2.57 bits per heavy atom. The van der Waals surface area contributed by atoms with Crippen LogP contribution in [-0.4, -0.2) is 38.7 Å². The van der Waals surface area contributed by atoms with Crippen LogP contribution in [0.3, 0.4) is 0 Å². The van der Waals surface area contributed by atoms with E-state index in [1.165, 1.54) is 0 Å². The van der Waals surface area contributed by atoms with Crippen LogP contribution in [-0.2, 0) is 2.79 Å². The number of fused-ring (bicyclic) bond motifs is 1. The van der Waals surface area contributed by atoms with Crippen LogP contribution in [0.25, 0.3) is 10.4 Å². The summed E-state index contributed by atoms with van der Waals surface area (Å²) in [7, 11) is 0. The fourth-order valence-corrected chi connectivity index (χ4v) is 4.57. The molecule has 1 heterocycles. The van der Waals surface area contributed by atoms with E-state index in [-0.39, 0.29) is 4.92 Å². The molecule has 2 rings (SSSR count). The Bertz CT molecular complexity index is 728. The van der Waals surface area contributed by atoms with Crippen molar-refractivity contribution in [3.8, 4) is 11.5 Å². The molecule has 0 aromatic heterocycles. The molecule has 0 saturated carbocycles. The SMILES string of the molecule is [N-]=[N+]=[N][Pb]1[O]c2c(cc([N+](=O)[O-])c([O-])c2[N+](=O)[O-])[N+](=O)[O]1. The number of benzene rings is 1. The number of rotatable bonds is 3. The van der Waals surface area contributed by atoms with Crippen LogP contribution in [0.2, 0.25) is 0 Å². The van der Waals surface area contributed by atoms with Gasteiger partial charge in [0.05, 0.1) is 0 Å². The molecule has 21 heavy (non-hydrogen) atoms. The number of hydrogen-bond donors (Lipinski definition) is 0. The topological polar surface area (TPSA) is 197 Å². The van der Waals surface area contributed by atoms with Crippen molar-refractivity contribution >= 4 is 41.0 Å². The summed E-state index contributed by atoms with van der Waals surface area (Å²) >= 11 is -4.12. The van der Waals surface area contributed by atoms with Crippen molar-refractivity contribution in [1.82, 2.24) is 0 Å². The van der Waals surface area contributed by atoms with E-state index in [4.69, 9.17) is 8.22 Å². The summed E-state index contributed by atoms with van der Waals surface area (Å²) in [6.07, 6.45) is 0. The molecule has 14 nitrogen and oxygen atoms in total. The van der Waals surface area contributed by atoms with E-state index >= 15 is 0 Å². The summed E-state index contributed by atoms with van der Waals surface area (Å²) < 4.78 is 12.5. The summed E-state index contributed by atoms with van der Waals surface area (Å²) in [5.74, 6) is -2.31. The van der Waals surface area contributed by atoms with E-state index in [2.05, 4.69) is 10.6 Å². The average Bonchev–Trinajstić information content (AvgIpc) is 2.37. The molecule has 107 valence electrons. The molecule has 0 amide bonds. The Morgan fingerprint density at radius 2 is 2.05 bits per heavy atom. The maximum atomic E-state index is 11.7. The van der Waals surface area contributed by atoms with Crippen LogP contribution in [0, 0.1) is 25.1 Å². The van der Waals surface area contributed by atoms with Gasteiger partial charge in [0.1, 0.15) is 0 Å². The van der Waals surface area contributed by atoms with E-state index in [1.54, 1.807) is 0 Å². The molecule has 0 spiro atoms. The number of hydrogen-bond acceptors (Lipinski definition) is 9. The van der Waals surface area contributed by atoms with Crippen LogP contribution in [0.1, 0.15) is 0 Å². The van der Waals surface area contributed by atoms with Gasteiger partial charge in [-0.25, -0.2) is 0 Å². The van der Waals surface area contributed by atoms with Crippen molar-refractivity contribution in [3.05, 3.63) is 41.6 Å². The molecule has 0 bridgehead atoms. The molecule has 0 saturated heterocycles. The first-order valence-corrected chi connectivity index (χ1v) is 9.70. The Labute approximate surface area is 122 Å². The Balaban J connectivity index is 2.75. The van der Waals surface area contributed by atoms with Crippen LogP contribution in [0.4, 0.5) is 17.1 Å². The maximum absolute atomic E-state index is 11.7. The van der Waals surface area contributed by atoms with Crippen molar-refractivity contribution in [2.45, 2.75) is 0 Å². The zero-order chi connectivity index (χ0) is 15.7. The molecular formula is C6HN6O8Pb. The molecule has 0 atom stereocenters. The van der Waals surface area contributed by atoms with Crippen molar-refractivity contribution < 1.29 is 25.4 Å². The second-order valence-electron chi connectivity index (χ2n) is 3.34. The van der Waals surface area contributed by atoms with Gasteiger partial charge in [0.15, 0.2) is 0 Å². The van der Waals surface area contributed by atoms with E-state index in [0.29, 0.717) is 6.07 Å². The Kier molecular flexibility index (Phi) is 3.72. The van der Waals surface area contributed by atoms with Gasteiger partial charge in [-0.15, -0.1) is 0 Å². The molecule has 15 heteroatoms. The van der Waals surface area contributed by atoms with Crippen LogP contribution < -0.4 is 7.79 Å². The predicted molar refractivity (Wildman–Crippen MR) is 59.1 cm³/mol. The molecule has 1 aromatic rings. The first-order valence-electron chi connectivity index (χ1n) is 4.78. The minimum absolute atomic E-state index is 0.283. The molecule has 1 aliphatic heterocycles. The third-order valence-electron chi connectivity index (χ3n) is 2.22. The predicted octanol–water partition coefficient (Wildman–Crippen LogP) is 0.606. The Hall–Kier alpha value is -2.75. The number of nitro benzene ring substituents is 2. The second-order valence-corrected chi connectivity index (χ2v) is 7.69. The quantitative estimate of drug-likeness (QED) is 0.146.